The number of nitrogens with zero attached hydrogens (tertiary/aromatic N) is 2. The van der Waals surface area contributed by atoms with Crippen LogP contribution in [0, 0.1) is 0 Å². The molecule has 1 aliphatic rings. The molecule has 12 heteroatoms. The number of thiocarbonyl (C=S) groups is 1. The first-order valence-electron chi connectivity index (χ1n) is 10.9. The van der Waals surface area contributed by atoms with E-state index in [4.69, 9.17) is 16.3 Å². The maximum atomic E-state index is 13.7. The summed E-state index contributed by atoms with van der Waals surface area (Å²) in [7, 11) is -3.85. The molecule has 0 saturated carbocycles. The fraction of sp³-hybridized carbons (Fsp3) is 0.417. The zero-order valence-electron chi connectivity index (χ0n) is 19.7. The van der Waals surface area contributed by atoms with Gasteiger partial charge in [0.1, 0.15) is 5.60 Å². The van der Waals surface area contributed by atoms with Gasteiger partial charge in [0.25, 0.3) is 0 Å². The van der Waals surface area contributed by atoms with E-state index in [9.17, 15) is 26.4 Å². The number of hydrogen-bond donors (Lipinski definition) is 0. The Morgan fingerprint density at radius 1 is 1.22 bits per heavy atom. The zero-order chi connectivity index (χ0) is 26.9. The number of carbonyl (C=O) groups is 1. The monoisotopic (exact) mass is 560 g/mol. The molecular formula is C24H24ClF3N2O4S2. The number of isothiocyanates is 1. The average molecular weight is 561 g/mol. The largest absolute Gasteiger partial charge is 0.444 e. The SMILES string of the molecule is CC(C)(C)OC(=O)N1CCCC1CS(=O)(=O)c1ccc(-c2c(Cl)cc(N=C=S)cc2C(F)(F)F)cc1. The van der Waals surface area contributed by atoms with Gasteiger partial charge in [0.15, 0.2) is 9.84 Å². The molecule has 0 radical (unpaired) electrons. The summed E-state index contributed by atoms with van der Waals surface area (Å²) in [6, 6.07) is 6.47. The molecule has 3 rings (SSSR count). The van der Waals surface area contributed by atoms with E-state index >= 15 is 0 Å². The molecule has 0 spiro atoms. The second-order valence-corrected chi connectivity index (χ2v) is 12.0. The Kier molecular flexibility index (Phi) is 8.20. The second kappa shape index (κ2) is 10.5. The normalized spacial score (nSPS) is 16.5. The molecule has 1 amide bonds. The van der Waals surface area contributed by atoms with Crippen molar-refractivity contribution in [3.05, 3.63) is 47.0 Å². The number of benzene rings is 2. The fourth-order valence-corrected chi connectivity index (χ4v) is 6.00. The summed E-state index contributed by atoms with van der Waals surface area (Å²) in [5.74, 6) is -0.329. The van der Waals surface area contributed by atoms with E-state index < -0.39 is 39.3 Å². The third kappa shape index (κ3) is 6.64. The summed E-state index contributed by atoms with van der Waals surface area (Å²) in [5, 5.41) is 1.79. The number of rotatable bonds is 5. The van der Waals surface area contributed by atoms with Crippen LogP contribution in [0.4, 0.5) is 23.7 Å². The van der Waals surface area contributed by atoms with Crippen molar-refractivity contribution in [3.63, 3.8) is 0 Å². The van der Waals surface area contributed by atoms with Crippen LogP contribution in [0.2, 0.25) is 5.02 Å². The molecule has 2 aromatic carbocycles. The van der Waals surface area contributed by atoms with Gasteiger partial charge in [0, 0.05) is 18.2 Å². The van der Waals surface area contributed by atoms with Crippen molar-refractivity contribution in [1.82, 2.24) is 4.90 Å². The molecule has 1 heterocycles. The van der Waals surface area contributed by atoms with Crippen molar-refractivity contribution < 1.29 is 31.1 Å². The maximum Gasteiger partial charge on any atom is 0.417 e. The van der Waals surface area contributed by atoms with Gasteiger partial charge in [-0.3, -0.25) is 0 Å². The molecule has 1 atom stereocenters. The van der Waals surface area contributed by atoms with Gasteiger partial charge in [-0.15, -0.1) is 0 Å². The Balaban J connectivity index is 1.89. The van der Waals surface area contributed by atoms with Crippen LogP contribution >= 0.6 is 23.8 Å². The van der Waals surface area contributed by atoms with Crippen LogP contribution in [0.3, 0.4) is 0 Å². The van der Waals surface area contributed by atoms with Gasteiger partial charge in [0.2, 0.25) is 0 Å². The predicted octanol–water partition coefficient (Wildman–Crippen LogP) is 6.93. The number of sulfone groups is 1. The molecule has 2 aromatic rings. The van der Waals surface area contributed by atoms with Gasteiger partial charge in [-0.05, 0) is 75.7 Å². The van der Waals surface area contributed by atoms with Crippen molar-refractivity contribution in [3.8, 4) is 11.1 Å². The third-order valence-electron chi connectivity index (χ3n) is 5.47. The predicted molar refractivity (Wildman–Crippen MR) is 135 cm³/mol. The number of halogens is 4. The van der Waals surface area contributed by atoms with Crippen molar-refractivity contribution in [2.75, 3.05) is 12.3 Å². The van der Waals surface area contributed by atoms with Crippen LogP contribution in [0.1, 0.15) is 39.2 Å². The second-order valence-electron chi connectivity index (χ2n) is 9.33. The van der Waals surface area contributed by atoms with Gasteiger partial charge in [-0.1, -0.05) is 23.7 Å². The van der Waals surface area contributed by atoms with Gasteiger partial charge in [-0.25, -0.2) is 13.2 Å². The van der Waals surface area contributed by atoms with Gasteiger partial charge < -0.3 is 9.64 Å². The fourth-order valence-electron chi connectivity index (χ4n) is 3.97. The van der Waals surface area contributed by atoms with Crippen molar-refractivity contribution in [1.29, 1.82) is 0 Å². The Hall–Kier alpha value is -2.46. The van der Waals surface area contributed by atoms with E-state index in [1.807, 2.05) is 5.16 Å². The van der Waals surface area contributed by atoms with Gasteiger partial charge >= 0.3 is 12.3 Å². The van der Waals surface area contributed by atoms with Crippen molar-refractivity contribution in [2.24, 2.45) is 4.99 Å². The lowest BCUT2D eigenvalue weighted by atomic mass is 9.98. The molecule has 1 aliphatic heterocycles. The highest BCUT2D eigenvalue weighted by Gasteiger charge is 2.37. The molecule has 0 aromatic heterocycles. The minimum Gasteiger partial charge on any atom is -0.444 e. The van der Waals surface area contributed by atoms with Crippen molar-refractivity contribution >= 4 is 50.6 Å². The number of amides is 1. The molecule has 6 nitrogen and oxygen atoms in total. The highest BCUT2D eigenvalue weighted by atomic mass is 35.5. The number of hydrogen-bond acceptors (Lipinski definition) is 6. The highest BCUT2D eigenvalue weighted by Crippen LogP contribution is 2.43. The maximum absolute atomic E-state index is 13.7. The minimum atomic E-state index is -4.75. The summed E-state index contributed by atoms with van der Waals surface area (Å²) < 4.78 is 72.8. The number of ether oxygens (including phenoxy) is 1. The molecule has 1 saturated heterocycles. The van der Waals surface area contributed by atoms with Crippen LogP contribution in [0.15, 0.2) is 46.3 Å². The Labute approximate surface area is 218 Å². The van der Waals surface area contributed by atoms with Crippen LogP contribution < -0.4 is 0 Å². The van der Waals surface area contributed by atoms with E-state index in [1.165, 1.54) is 35.2 Å². The lowest BCUT2D eigenvalue weighted by molar-refractivity contribution is -0.137. The summed E-state index contributed by atoms with van der Waals surface area (Å²) in [4.78, 5) is 17.4. The number of carbonyl (C=O) groups excluding carboxylic acids is 1. The zero-order valence-corrected chi connectivity index (χ0v) is 22.1. The first kappa shape index (κ1) is 28.1. The Morgan fingerprint density at radius 3 is 2.42 bits per heavy atom. The quantitative estimate of drug-likeness (QED) is 0.293. The Bertz CT molecular complexity index is 1300. The summed E-state index contributed by atoms with van der Waals surface area (Å²) >= 11 is 10.6. The lowest BCUT2D eigenvalue weighted by Gasteiger charge is -2.28. The minimum absolute atomic E-state index is 0.0751. The number of aliphatic imine (C=N–C) groups is 1. The number of alkyl halides is 3. The molecule has 1 fully saturated rings. The van der Waals surface area contributed by atoms with E-state index in [-0.39, 0.29) is 32.5 Å². The van der Waals surface area contributed by atoms with Crippen LogP contribution in [-0.4, -0.2) is 48.5 Å². The van der Waals surface area contributed by atoms with Crippen molar-refractivity contribution in [2.45, 2.75) is 56.3 Å². The lowest BCUT2D eigenvalue weighted by Crippen LogP contribution is -2.42. The number of likely N-dealkylation sites (tertiary alicyclic amines) is 1. The highest BCUT2D eigenvalue weighted by molar-refractivity contribution is 7.91. The molecule has 36 heavy (non-hydrogen) atoms. The summed E-state index contributed by atoms with van der Waals surface area (Å²) in [6.45, 7) is 5.56. The van der Waals surface area contributed by atoms with Crippen LogP contribution in [0.25, 0.3) is 11.1 Å². The van der Waals surface area contributed by atoms with E-state index in [0.29, 0.717) is 19.4 Å². The molecule has 0 aliphatic carbocycles. The Morgan fingerprint density at radius 2 is 1.86 bits per heavy atom. The molecule has 0 N–H and O–H groups in total. The molecule has 1 unspecified atom stereocenters. The average Bonchev–Trinajstić information content (AvgIpc) is 3.19. The standard InChI is InChI=1S/C24H24ClF3N2O4S2/c1-23(2,3)34-22(31)30-10-4-5-17(30)13-36(32,33)18-8-6-15(7-9-18)21-19(24(26,27)28)11-16(29-14-35)12-20(21)25/h6-9,11-12,17H,4-5,10,13H2,1-3H3. The topological polar surface area (TPSA) is 76.0 Å². The van der Waals surface area contributed by atoms with Crippen LogP contribution in [0.5, 0.6) is 0 Å². The smallest absolute Gasteiger partial charge is 0.417 e. The molecular weight excluding hydrogens is 537 g/mol. The molecule has 0 bridgehead atoms. The van der Waals surface area contributed by atoms with Gasteiger partial charge in [0.05, 0.1) is 32.1 Å². The van der Waals surface area contributed by atoms with E-state index in [0.717, 1.165) is 6.07 Å². The first-order valence-corrected chi connectivity index (χ1v) is 13.4. The first-order chi connectivity index (χ1) is 16.6. The third-order valence-corrected chi connectivity index (χ3v) is 7.68. The molecule has 194 valence electrons. The van der Waals surface area contributed by atoms with Gasteiger partial charge in [-0.2, -0.15) is 18.2 Å². The van der Waals surface area contributed by atoms with E-state index in [2.05, 4.69) is 17.2 Å². The van der Waals surface area contributed by atoms with Crippen LogP contribution in [-0.2, 0) is 20.8 Å². The van der Waals surface area contributed by atoms with E-state index in [1.54, 1.807) is 20.8 Å². The summed E-state index contributed by atoms with van der Waals surface area (Å²) in [5.41, 5.74) is -2.07. The summed E-state index contributed by atoms with van der Waals surface area (Å²) in [6.07, 6.45) is -4.19.